The van der Waals surface area contributed by atoms with Crippen molar-refractivity contribution in [2.75, 3.05) is 18.2 Å². The molecule has 0 aromatic heterocycles. The molecule has 78 valence electrons. The lowest BCUT2D eigenvalue weighted by Crippen LogP contribution is -2.06. The first-order chi connectivity index (χ1) is 6.13. The number of hydrogen-bond donors (Lipinski definition) is 2. The normalized spacial score (nSPS) is 8.71. The topological polar surface area (TPSA) is 95.8 Å². The second-order valence-corrected chi connectivity index (χ2v) is 2.64. The molecule has 14 heavy (non-hydrogen) atoms. The van der Waals surface area contributed by atoms with Crippen LogP contribution < -0.4 is 15.8 Å². The van der Waals surface area contributed by atoms with Gasteiger partial charge in [0.05, 0.1) is 12.8 Å². The number of nitrogen functional groups attached to an aromatic ring is 1. The summed E-state index contributed by atoms with van der Waals surface area (Å²) in [7, 11) is 1.55. The van der Waals surface area contributed by atoms with Crippen LogP contribution in [0, 0.1) is 0 Å². The van der Waals surface area contributed by atoms with Gasteiger partial charge >= 0.3 is 0 Å². The second kappa shape index (κ2) is 5.08. The fourth-order valence-electron chi connectivity index (χ4n) is 1.02. The maximum absolute atomic E-state index is 10.7. The van der Waals surface area contributed by atoms with E-state index < -0.39 is 0 Å². The molecule has 0 unspecified atom stereocenters. The van der Waals surface area contributed by atoms with Gasteiger partial charge in [-0.25, -0.2) is 0 Å². The van der Waals surface area contributed by atoms with E-state index in [4.69, 9.17) is 10.5 Å². The van der Waals surface area contributed by atoms with Gasteiger partial charge < -0.3 is 21.3 Å². The van der Waals surface area contributed by atoms with Crippen LogP contribution in [0.5, 0.6) is 5.75 Å². The Bertz CT molecular complexity index is 326. The predicted octanol–water partition coefficient (Wildman–Crippen LogP) is 0.411. The van der Waals surface area contributed by atoms with Crippen LogP contribution in [0.3, 0.4) is 0 Å². The molecule has 1 aromatic carbocycles. The number of nitrogens with one attached hydrogen (secondary N) is 1. The molecule has 0 aliphatic rings. The SMILES string of the molecule is COc1ccc(NC(C)=O)cc1N.O. The van der Waals surface area contributed by atoms with Gasteiger partial charge in [0.1, 0.15) is 5.75 Å². The van der Waals surface area contributed by atoms with Gasteiger partial charge in [0.2, 0.25) is 5.91 Å². The summed E-state index contributed by atoms with van der Waals surface area (Å²) in [6.45, 7) is 1.44. The lowest BCUT2D eigenvalue weighted by molar-refractivity contribution is -0.114. The Kier molecular flexibility index (Phi) is 4.45. The highest BCUT2D eigenvalue weighted by molar-refractivity contribution is 5.89. The quantitative estimate of drug-likeness (QED) is 0.673. The van der Waals surface area contributed by atoms with Gasteiger partial charge in [0.25, 0.3) is 0 Å². The molecule has 0 aliphatic carbocycles. The summed E-state index contributed by atoms with van der Waals surface area (Å²) in [4.78, 5) is 10.7. The molecular formula is C9H14N2O3. The molecule has 5 heteroatoms. The third-order valence-electron chi connectivity index (χ3n) is 1.55. The van der Waals surface area contributed by atoms with Crippen molar-refractivity contribution in [1.82, 2.24) is 0 Å². The van der Waals surface area contributed by atoms with Crippen molar-refractivity contribution in [3.8, 4) is 5.75 Å². The van der Waals surface area contributed by atoms with Crippen LogP contribution in [0.25, 0.3) is 0 Å². The number of carbonyl (C=O) groups is 1. The van der Waals surface area contributed by atoms with Crippen molar-refractivity contribution < 1.29 is 15.0 Å². The lowest BCUT2D eigenvalue weighted by Gasteiger charge is -2.06. The van der Waals surface area contributed by atoms with Crippen LogP contribution in [0.15, 0.2) is 18.2 Å². The summed E-state index contributed by atoms with van der Waals surface area (Å²) < 4.78 is 4.97. The molecule has 5 nitrogen and oxygen atoms in total. The largest absolute Gasteiger partial charge is 0.495 e. The zero-order chi connectivity index (χ0) is 9.84. The molecule has 0 saturated carbocycles. The summed E-state index contributed by atoms with van der Waals surface area (Å²) in [6, 6.07) is 5.09. The third kappa shape index (κ3) is 2.95. The fraction of sp³-hybridized carbons (Fsp3) is 0.222. The Morgan fingerprint density at radius 1 is 1.50 bits per heavy atom. The molecule has 0 heterocycles. The Balaban J connectivity index is 0.00000169. The fourth-order valence-corrected chi connectivity index (χ4v) is 1.02. The Morgan fingerprint density at radius 3 is 2.57 bits per heavy atom. The molecule has 0 radical (unpaired) electrons. The van der Waals surface area contributed by atoms with Crippen LogP contribution in [0.2, 0.25) is 0 Å². The molecule has 1 aromatic rings. The summed E-state index contributed by atoms with van der Waals surface area (Å²) in [6.07, 6.45) is 0. The minimum absolute atomic E-state index is 0. The maximum Gasteiger partial charge on any atom is 0.221 e. The Morgan fingerprint density at radius 2 is 2.14 bits per heavy atom. The van der Waals surface area contributed by atoms with E-state index in [-0.39, 0.29) is 11.4 Å². The van der Waals surface area contributed by atoms with Crippen LogP contribution in [-0.2, 0) is 4.79 Å². The minimum Gasteiger partial charge on any atom is -0.495 e. The summed E-state index contributed by atoms with van der Waals surface area (Å²) >= 11 is 0. The Labute approximate surface area is 82.2 Å². The Hall–Kier alpha value is -1.75. The molecule has 0 fully saturated rings. The van der Waals surface area contributed by atoms with Gasteiger partial charge in [-0.15, -0.1) is 0 Å². The lowest BCUT2D eigenvalue weighted by atomic mass is 10.2. The van der Waals surface area contributed by atoms with Crippen molar-refractivity contribution in [2.24, 2.45) is 0 Å². The highest BCUT2D eigenvalue weighted by atomic mass is 16.5. The highest BCUT2D eigenvalue weighted by Crippen LogP contribution is 2.24. The summed E-state index contributed by atoms with van der Waals surface area (Å²) in [5, 5.41) is 2.62. The van der Waals surface area contributed by atoms with E-state index in [0.29, 0.717) is 17.1 Å². The number of rotatable bonds is 2. The first kappa shape index (κ1) is 12.2. The van der Waals surface area contributed by atoms with Gasteiger partial charge in [-0.2, -0.15) is 0 Å². The van der Waals surface area contributed by atoms with Gasteiger partial charge in [-0.05, 0) is 18.2 Å². The number of carbonyl (C=O) groups excluding carboxylic acids is 1. The van der Waals surface area contributed by atoms with Crippen LogP contribution in [0.4, 0.5) is 11.4 Å². The number of anilines is 2. The molecule has 0 aliphatic heterocycles. The van der Waals surface area contributed by atoms with E-state index in [2.05, 4.69) is 5.32 Å². The van der Waals surface area contributed by atoms with Crippen molar-refractivity contribution in [1.29, 1.82) is 0 Å². The first-order valence-electron chi connectivity index (χ1n) is 3.84. The minimum atomic E-state index is -0.121. The molecule has 1 rings (SSSR count). The molecule has 0 spiro atoms. The van der Waals surface area contributed by atoms with Crippen molar-refractivity contribution in [3.63, 3.8) is 0 Å². The molecule has 0 atom stereocenters. The number of benzene rings is 1. The van der Waals surface area contributed by atoms with Gasteiger partial charge in [0.15, 0.2) is 0 Å². The number of nitrogens with two attached hydrogens (primary N) is 1. The van der Waals surface area contributed by atoms with E-state index in [1.807, 2.05) is 0 Å². The van der Waals surface area contributed by atoms with Crippen molar-refractivity contribution in [2.45, 2.75) is 6.92 Å². The molecule has 0 saturated heterocycles. The van der Waals surface area contributed by atoms with Gasteiger partial charge in [-0.3, -0.25) is 4.79 Å². The number of ether oxygens (including phenoxy) is 1. The average molecular weight is 198 g/mol. The van der Waals surface area contributed by atoms with E-state index in [9.17, 15) is 4.79 Å². The average Bonchev–Trinajstić information content (AvgIpc) is 2.03. The number of hydrogen-bond acceptors (Lipinski definition) is 3. The number of methoxy groups -OCH3 is 1. The zero-order valence-corrected chi connectivity index (χ0v) is 8.13. The van der Waals surface area contributed by atoms with Crippen LogP contribution in [0.1, 0.15) is 6.92 Å². The zero-order valence-electron chi connectivity index (χ0n) is 8.13. The highest BCUT2D eigenvalue weighted by Gasteiger charge is 2.00. The van der Waals surface area contributed by atoms with Gasteiger partial charge in [0, 0.05) is 12.6 Å². The third-order valence-corrected chi connectivity index (χ3v) is 1.55. The van der Waals surface area contributed by atoms with E-state index in [1.54, 1.807) is 25.3 Å². The van der Waals surface area contributed by atoms with Crippen LogP contribution in [-0.4, -0.2) is 18.5 Å². The molecule has 5 N–H and O–H groups in total. The van der Waals surface area contributed by atoms with E-state index in [1.165, 1.54) is 6.92 Å². The monoisotopic (exact) mass is 198 g/mol. The summed E-state index contributed by atoms with van der Waals surface area (Å²) in [5.74, 6) is 0.485. The molecule has 1 amide bonds. The first-order valence-corrected chi connectivity index (χ1v) is 3.84. The van der Waals surface area contributed by atoms with E-state index in [0.717, 1.165) is 0 Å². The summed E-state index contributed by atoms with van der Waals surface area (Å²) in [5.41, 5.74) is 6.81. The van der Waals surface area contributed by atoms with Gasteiger partial charge in [-0.1, -0.05) is 0 Å². The standard InChI is InChI=1S/C9H12N2O2.H2O/c1-6(12)11-7-3-4-9(13-2)8(10)5-7;/h3-5H,10H2,1-2H3,(H,11,12);1H2. The molecule has 0 bridgehead atoms. The predicted molar refractivity (Wildman–Crippen MR) is 55.3 cm³/mol. The smallest absolute Gasteiger partial charge is 0.221 e. The van der Waals surface area contributed by atoms with Crippen molar-refractivity contribution in [3.05, 3.63) is 18.2 Å². The second-order valence-electron chi connectivity index (χ2n) is 2.64. The maximum atomic E-state index is 10.7. The number of amides is 1. The van der Waals surface area contributed by atoms with Crippen molar-refractivity contribution >= 4 is 17.3 Å². The van der Waals surface area contributed by atoms with E-state index >= 15 is 0 Å². The molecular weight excluding hydrogens is 184 g/mol. The van der Waals surface area contributed by atoms with Crippen LogP contribution >= 0.6 is 0 Å².